The highest BCUT2D eigenvalue weighted by Crippen LogP contribution is 2.30. The predicted octanol–water partition coefficient (Wildman–Crippen LogP) is 3.41. The molecule has 1 atom stereocenters. The molecule has 0 saturated heterocycles. The molecule has 0 radical (unpaired) electrons. The topological polar surface area (TPSA) is 46.9 Å². The van der Waals surface area contributed by atoms with Gasteiger partial charge >= 0.3 is 0 Å². The number of hydrogen-bond donors (Lipinski definition) is 1. The fourth-order valence-electron chi connectivity index (χ4n) is 2.76. The van der Waals surface area contributed by atoms with Crippen molar-refractivity contribution in [2.45, 2.75) is 58.5 Å². The van der Waals surface area contributed by atoms with Gasteiger partial charge in [0.25, 0.3) is 5.56 Å². The van der Waals surface area contributed by atoms with Crippen LogP contribution in [0.2, 0.25) is 0 Å². The molecule has 0 aromatic carbocycles. The Morgan fingerprint density at radius 2 is 2.21 bits per heavy atom. The molecule has 1 aromatic heterocycles. The van der Waals surface area contributed by atoms with Crippen LogP contribution in [-0.4, -0.2) is 15.8 Å². The van der Waals surface area contributed by atoms with E-state index in [9.17, 15) is 4.79 Å². The molecule has 1 aliphatic rings. The molecule has 1 aromatic rings. The summed E-state index contributed by atoms with van der Waals surface area (Å²) in [5.41, 5.74) is 0.766. The van der Waals surface area contributed by atoms with Crippen LogP contribution in [0.3, 0.4) is 0 Å². The molecule has 0 spiro atoms. The minimum atomic E-state index is -0.0505. The summed E-state index contributed by atoms with van der Waals surface area (Å²) in [6, 6.07) is 0.391. The maximum absolute atomic E-state index is 12.1. The molecule has 0 bridgehead atoms. The highest BCUT2D eigenvalue weighted by molar-refractivity contribution is 9.10. The average Bonchev–Trinajstić information content (AvgIpc) is 2.92. The summed E-state index contributed by atoms with van der Waals surface area (Å²) in [6.07, 6.45) is 7.89. The van der Waals surface area contributed by atoms with E-state index < -0.39 is 0 Å². The van der Waals surface area contributed by atoms with Crippen molar-refractivity contribution in [1.82, 2.24) is 9.78 Å². The Morgan fingerprint density at radius 1 is 1.53 bits per heavy atom. The lowest BCUT2D eigenvalue weighted by Gasteiger charge is -2.22. The van der Waals surface area contributed by atoms with Gasteiger partial charge in [0.05, 0.1) is 11.9 Å². The Kier molecular flexibility index (Phi) is 5.02. The van der Waals surface area contributed by atoms with Crippen LogP contribution >= 0.6 is 15.9 Å². The number of nitrogens with zero attached hydrogens (tertiary/aromatic N) is 2. The summed E-state index contributed by atoms with van der Waals surface area (Å²) in [6.45, 7) is 4.90. The van der Waals surface area contributed by atoms with Crippen molar-refractivity contribution >= 4 is 21.6 Å². The second-order valence-electron chi connectivity index (χ2n) is 5.38. The fraction of sp³-hybridized carbons (Fsp3) is 0.714. The van der Waals surface area contributed by atoms with Crippen LogP contribution in [0.1, 0.15) is 46.0 Å². The number of hydrogen-bond acceptors (Lipinski definition) is 3. The first kappa shape index (κ1) is 14.6. The van der Waals surface area contributed by atoms with E-state index in [1.165, 1.54) is 30.4 Å². The summed E-state index contributed by atoms with van der Waals surface area (Å²) < 4.78 is 2.11. The normalized spacial score (nSPS) is 17.6. The largest absolute Gasteiger partial charge is 0.380 e. The number of rotatable bonds is 5. The maximum atomic E-state index is 12.1. The molecule has 0 amide bonds. The molecule has 1 unspecified atom stereocenters. The number of nitrogens with one attached hydrogen (secondary N) is 1. The minimum Gasteiger partial charge on any atom is -0.380 e. The van der Waals surface area contributed by atoms with Crippen molar-refractivity contribution in [2.75, 3.05) is 5.32 Å². The van der Waals surface area contributed by atoms with Gasteiger partial charge in [-0.3, -0.25) is 4.79 Å². The van der Waals surface area contributed by atoms with Gasteiger partial charge in [-0.15, -0.1) is 0 Å². The Balaban J connectivity index is 2.12. The third-order valence-electron chi connectivity index (χ3n) is 3.91. The van der Waals surface area contributed by atoms with E-state index in [0.29, 0.717) is 23.0 Å². The van der Waals surface area contributed by atoms with Crippen LogP contribution < -0.4 is 10.9 Å². The molecule has 106 valence electrons. The van der Waals surface area contributed by atoms with Gasteiger partial charge in [-0.25, -0.2) is 4.68 Å². The van der Waals surface area contributed by atoms with Crippen LogP contribution in [0.15, 0.2) is 15.5 Å². The molecule has 0 aliphatic heterocycles. The molecule has 1 aliphatic carbocycles. The average molecular weight is 328 g/mol. The second-order valence-corrected chi connectivity index (χ2v) is 6.17. The number of anilines is 1. The van der Waals surface area contributed by atoms with Crippen molar-refractivity contribution in [1.29, 1.82) is 0 Å². The van der Waals surface area contributed by atoms with Gasteiger partial charge in [-0.2, -0.15) is 5.10 Å². The van der Waals surface area contributed by atoms with Gasteiger partial charge in [0, 0.05) is 12.6 Å². The third kappa shape index (κ3) is 3.38. The summed E-state index contributed by atoms with van der Waals surface area (Å²) in [5.74, 6) is 0.713. The SMILES string of the molecule is CCCn1ncc(NC(C)C2CCCC2)c(Br)c1=O. The van der Waals surface area contributed by atoms with Crippen molar-refractivity contribution < 1.29 is 0 Å². The molecule has 2 rings (SSSR count). The van der Waals surface area contributed by atoms with Gasteiger partial charge in [0.1, 0.15) is 4.47 Å². The molecule has 4 nitrogen and oxygen atoms in total. The maximum Gasteiger partial charge on any atom is 0.283 e. The molecular weight excluding hydrogens is 306 g/mol. The molecule has 5 heteroatoms. The summed E-state index contributed by atoms with van der Waals surface area (Å²) in [4.78, 5) is 12.1. The zero-order valence-electron chi connectivity index (χ0n) is 11.7. The van der Waals surface area contributed by atoms with Crippen LogP contribution in [0.25, 0.3) is 0 Å². The first-order valence-electron chi connectivity index (χ1n) is 7.15. The van der Waals surface area contributed by atoms with Gasteiger partial charge in [0.2, 0.25) is 0 Å². The Bertz CT molecular complexity index is 480. The van der Waals surface area contributed by atoms with E-state index >= 15 is 0 Å². The van der Waals surface area contributed by atoms with E-state index in [1.54, 1.807) is 6.20 Å². The number of aromatic nitrogens is 2. The molecule has 1 saturated carbocycles. The van der Waals surface area contributed by atoms with Crippen molar-refractivity contribution in [3.8, 4) is 0 Å². The molecule has 1 fully saturated rings. The van der Waals surface area contributed by atoms with E-state index in [-0.39, 0.29) is 5.56 Å². The lowest BCUT2D eigenvalue weighted by atomic mass is 10.00. The number of halogens is 1. The first-order chi connectivity index (χ1) is 9.13. The highest BCUT2D eigenvalue weighted by Gasteiger charge is 2.22. The van der Waals surface area contributed by atoms with E-state index in [1.807, 2.05) is 6.92 Å². The fourth-order valence-corrected chi connectivity index (χ4v) is 3.18. The molecule has 1 heterocycles. The van der Waals surface area contributed by atoms with E-state index in [2.05, 4.69) is 33.3 Å². The Labute approximate surface area is 122 Å². The van der Waals surface area contributed by atoms with Crippen LogP contribution in [0.5, 0.6) is 0 Å². The van der Waals surface area contributed by atoms with Gasteiger partial charge in [0.15, 0.2) is 0 Å². The van der Waals surface area contributed by atoms with Gasteiger partial charge < -0.3 is 5.32 Å². The standard InChI is InChI=1S/C14H22BrN3O/c1-3-8-18-14(19)13(15)12(9-16-18)17-10(2)11-6-4-5-7-11/h9-11,17H,3-8H2,1-2H3. The van der Waals surface area contributed by atoms with Gasteiger partial charge in [-0.05, 0) is 48.0 Å². The zero-order valence-corrected chi connectivity index (χ0v) is 13.2. The molecular formula is C14H22BrN3O. The first-order valence-corrected chi connectivity index (χ1v) is 7.95. The van der Waals surface area contributed by atoms with Crippen LogP contribution in [0.4, 0.5) is 5.69 Å². The number of aryl methyl sites for hydroxylation is 1. The summed E-state index contributed by atoms with van der Waals surface area (Å²) in [5, 5.41) is 7.66. The van der Waals surface area contributed by atoms with Gasteiger partial charge in [-0.1, -0.05) is 19.8 Å². The Morgan fingerprint density at radius 3 is 2.84 bits per heavy atom. The summed E-state index contributed by atoms with van der Waals surface area (Å²) in [7, 11) is 0. The van der Waals surface area contributed by atoms with Crippen LogP contribution in [-0.2, 0) is 6.54 Å². The third-order valence-corrected chi connectivity index (χ3v) is 4.68. The van der Waals surface area contributed by atoms with Crippen molar-refractivity contribution in [2.24, 2.45) is 5.92 Å². The van der Waals surface area contributed by atoms with E-state index in [0.717, 1.165) is 12.1 Å². The quantitative estimate of drug-likeness (QED) is 0.901. The lowest BCUT2D eigenvalue weighted by molar-refractivity contribution is 0.481. The molecule has 19 heavy (non-hydrogen) atoms. The monoisotopic (exact) mass is 327 g/mol. The Hall–Kier alpha value is -0.840. The van der Waals surface area contributed by atoms with Crippen molar-refractivity contribution in [3.63, 3.8) is 0 Å². The lowest BCUT2D eigenvalue weighted by Crippen LogP contribution is -2.28. The smallest absolute Gasteiger partial charge is 0.283 e. The minimum absolute atomic E-state index is 0.0505. The zero-order chi connectivity index (χ0) is 13.8. The van der Waals surface area contributed by atoms with Crippen LogP contribution in [0, 0.1) is 5.92 Å². The second kappa shape index (κ2) is 6.55. The van der Waals surface area contributed by atoms with Crippen molar-refractivity contribution in [3.05, 3.63) is 21.0 Å². The molecule has 1 N–H and O–H groups in total. The highest BCUT2D eigenvalue weighted by atomic mass is 79.9. The summed E-state index contributed by atoms with van der Waals surface area (Å²) >= 11 is 3.40. The van der Waals surface area contributed by atoms with E-state index in [4.69, 9.17) is 0 Å². The predicted molar refractivity (Wildman–Crippen MR) is 81.5 cm³/mol.